The van der Waals surface area contributed by atoms with E-state index in [1.807, 2.05) is 0 Å². The van der Waals surface area contributed by atoms with Crippen LogP contribution in [0.1, 0.15) is 5.56 Å². The summed E-state index contributed by atoms with van der Waals surface area (Å²) in [6.45, 7) is 0.0524. The zero-order valence-electron chi connectivity index (χ0n) is 15.5. The number of nitrogens with zero attached hydrogens (tertiary/aromatic N) is 1. The first-order chi connectivity index (χ1) is 13.4. The van der Waals surface area contributed by atoms with Gasteiger partial charge in [0.2, 0.25) is 10.0 Å². The second kappa shape index (κ2) is 8.28. The number of nitrogens with two attached hydrogens (primary N) is 1. The predicted octanol–water partition coefficient (Wildman–Crippen LogP) is 2.83. The monoisotopic (exact) mass is 399 g/mol. The highest BCUT2D eigenvalue weighted by molar-refractivity contribution is 7.89. The van der Waals surface area contributed by atoms with Gasteiger partial charge in [-0.15, -0.1) is 0 Å². The summed E-state index contributed by atoms with van der Waals surface area (Å²) >= 11 is 0. The summed E-state index contributed by atoms with van der Waals surface area (Å²) in [6.07, 6.45) is 3.24. The van der Waals surface area contributed by atoms with Gasteiger partial charge in [0, 0.05) is 47.4 Å². The Bertz CT molecular complexity index is 1070. The van der Waals surface area contributed by atoms with E-state index >= 15 is 0 Å². The van der Waals surface area contributed by atoms with Crippen LogP contribution in [0.3, 0.4) is 0 Å². The molecule has 0 aliphatic heterocycles. The normalized spacial score (nSPS) is 11.2. The molecule has 0 bridgehead atoms. The highest BCUT2D eigenvalue weighted by Gasteiger charge is 2.20. The van der Waals surface area contributed by atoms with Gasteiger partial charge in [-0.2, -0.15) is 0 Å². The van der Waals surface area contributed by atoms with E-state index in [1.54, 1.807) is 62.0 Å². The highest BCUT2D eigenvalue weighted by Crippen LogP contribution is 2.29. The van der Waals surface area contributed by atoms with Crippen molar-refractivity contribution in [3.8, 4) is 22.6 Å². The number of nitrogen functional groups attached to an aromatic ring is 1. The van der Waals surface area contributed by atoms with Crippen molar-refractivity contribution in [2.75, 3.05) is 20.0 Å². The average molecular weight is 399 g/mol. The third-order valence-corrected chi connectivity index (χ3v) is 5.66. The standard InChI is InChI=1S/C20H21N3O4S/c1-26-17-7-5-15(19(11-17)27-2)13-23-28(24,25)20-10-16(21)6-8-18(20)14-4-3-9-22-12-14/h3-12,23H,13,21H2,1-2H3. The van der Waals surface area contributed by atoms with E-state index in [-0.39, 0.29) is 11.4 Å². The van der Waals surface area contributed by atoms with Crippen LogP contribution in [-0.4, -0.2) is 27.6 Å². The summed E-state index contributed by atoms with van der Waals surface area (Å²) in [4.78, 5) is 4.16. The number of methoxy groups -OCH3 is 2. The maximum absolute atomic E-state index is 13.0. The second-order valence-electron chi connectivity index (χ2n) is 6.00. The molecule has 2 aromatic carbocycles. The summed E-state index contributed by atoms with van der Waals surface area (Å²) in [5.74, 6) is 1.15. The molecule has 1 aromatic heterocycles. The molecule has 28 heavy (non-hydrogen) atoms. The summed E-state index contributed by atoms with van der Waals surface area (Å²) in [7, 11) is -0.773. The Balaban J connectivity index is 1.93. The Labute approximate surface area is 164 Å². The van der Waals surface area contributed by atoms with Gasteiger partial charge in [-0.25, -0.2) is 13.1 Å². The Morgan fingerprint density at radius 2 is 1.89 bits per heavy atom. The zero-order valence-corrected chi connectivity index (χ0v) is 16.4. The number of anilines is 1. The van der Waals surface area contributed by atoms with Gasteiger partial charge >= 0.3 is 0 Å². The maximum Gasteiger partial charge on any atom is 0.241 e. The number of aromatic nitrogens is 1. The van der Waals surface area contributed by atoms with Crippen molar-refractivity contribution < 1.29 is 17.9 Å². The first-order valence-corrected chi connectivity index (χ1v) is 9.93. The van der Waals surface area contributed by atoms with Gasteiger partial charge in [0.15, 0.2) is 0 Å². The van der Waals surface area contributed by atoms with Crippen LogP contribution < -0.4 is 19.9 Å². The van der Waals surface area contributed by atoms with Gasteiger partial charge in [-0.05, 0) is 24.3 Å². The number of hydrogen-bond acceptors (Lipinski definition) is 6. The van der Waals surface area contributed by atoms with E-state index in [1.165, 1.54) is 13.2 Å². The third kappa shape index (κ3) is 4.24. The molecule has 0 amide bonds. The van der Waals surface area contributed by atoms with Gasteiger partial charge in [-0.1, -0.05) is 18.2 Å². The minimum absolute atomic E-state index is 0.0524. The molecule has 0 aliphatic carbocycles. The predicted molar refractivity (Wildman–Crippen MR) is 108 cm³/mol. The number of hydrogen-bond donors (Lipinski definition) is 2. The fourth-order valence-electron chi connectivity index (χ4n) is 2.77. The van der Waals surface area contributed by atoms with Crippen LogP contribution >= 0.6 is 0 Å². The molecule has 1 heterocycles. The molecule has 8 heteroatoms. The number of benzene rings is 2. The Hall–Kier alpha value is -3.10. The van der Waals surface area contributed by atoms with Gasteiger partial charge in [-0.3, -0.25) is 4.98 Å². The number of rotatable bonds is 7. The van der Waals surface area contributed by atoms with Crippen molar-refractivity contribution >= 4 is 15.7 Å². The lowest BCUT2D eigenvalue weighted by molar-refractivity contribution is 0.390. The van der Waals surface area contributed by atoms with Gasteiger partial charge in [0.1, 0.15) is 11.5 Å². The first kappa shape index (κ1) is 19.7. The van der Waals surface area contributed by atoms with Gasteiger partial charge in [0.05, 0.1) is 19.1 Å². The fraction of sp³-hybridized carbons (Fsp3) is 0.150. The second-order valence-corrected chi connectivity index (χ2v) is 7.74. The van der Waals surface area contributed by atoms with E-state index < -0.39 is 10.0 Å². The molecule has 0 aliphatic rings. The van der Waals surface area contributed by atoms with Crippen LogP contribution in [-0.2, 0) is 16.6 Å². The molecule has 3 aromatic rings. The van der Waals surface area contributed by atoms with Gasteiger partial charge < -0.3 is 15.2 Å². The number of nitrogens with one attached hydrogen (secondary N) is 1. The van der Waals surface area contributed by atoms with Crippen molar-refractivity contribution in [1.29, 1.82) is 0 Å². The van der Waals surface area contributed by atoms with Crippen molar-refractivity contribution in [1.82, 2.24) is 9.71 Å². The summed E-state index contributed by atoms with van der Waals surface area (Å²) in [6, 6.07) is 13.5. The molecule has 0 atom stereocenters. The number of ether oxygens (including phenoxy) is 2. The third-order valence-electron chi connectivity index (χ3n) is 4.21. The van der Waals surface area contributed by atoms with Crippen molar-refractivity contribution in [3.05, 3.63) is 66.5 Å². The Morgan fingerprint density at radius 3 is 2.57 bits per heavy atom. The quantitative estimate of drug-likeness (QED) is 0.592. The molecule has 146 valence electrons. The van der Waals surface area contributed by atoms with Crippen LogP contribution in [0.15, 0.2) is 65.8 Å². The van der Waals surface area contributed by atoms with Crippen LogP contribution in [0.4, 0.5) is 5.69 Å². The van der Waals surface area contributed by atoms with E-state index in [0.29, 0.717) is 33.9 Å². The van der Waals surface area contributed by atoms with Crippen molar-refractivity contribution in [2.45, 2.75) is 11.4 Å². The molecule has 3 rings (SSSR count). The molecule has 3 N–H and O–H groups in total. The van der Waals surface area contributed by atoms with Crippen LogP contribution in [0.2, 0.25) is 0 Å². The maximum atomic E-state index is 13.0. The zero-order chi connectivity index (χ0) is 20.1. The molecule has 7 nitrogen and oxygen atoms in total. The summed E-state index contributed by atoms with van der Waals surface area (Å²) in [5.41, 5.74) is 8.09. The number of pyridine rings is 1. The summed E-state index contributed by atoms with van der Waals surface area (Å²) in [5, 5.41) is 0. The largest absolute Gasteiger partial charge is 0.497 e. The molecule has 0 saturated carbocycles. The Kier molecular flexibility index (Phi) is 5.81. The Morgan fingerprint density at radius 1 is 1.07 bits per heavy atom. The first-order valence-electron chi connectivity index (χ1n) is 8.45. The van der Waals surface area contributed by atoms with Crippen LogP contribution in [0.25, 0.3) is 11.1 Å². The number of sulfonamides is 1. The minimum Gasteiger partial charge on any atom is -0.497 e. The SMILES string of the molecule is COc1ccc(CNS(=O)(=O)c2cc(N)ccc2-c2cccnc2)c(OC)c1. The smallest absolute Gasteiger partial charge is 0.241 e. The van der Waals surface area contributed by atoms with E-state index in [9.17, 15) is 8.42 Å². The van der Waals surface area contributed by atoms with E-state index in [2.05, 4.69) is 9.71 Å². The molecule has 0 spiro atoms. The van der Waals surface area contributed by atoms with Crippen molar-refractivity contribution in [2.24, 2.45) is 0 Å². The lowest BCUT2D eigenvalue weighted by Gasteiger charge is -2.14. The molecule has 0 unspecified atom stereocenters. The van der Waals surface area contributed by atoms with Crippen molar-refractivity contribution in [3.63, 3.8) is 0 Å². The fourth-order valence-corrected chi connectivity index (χ4v) is 4.04. The van der Waals surface area contributed by atoms with Crippen LogP contribution in [0.5, 0.6) is 11.5 Å². The summed E-state index contributed by atoms with van der Waals surface area (Å²) < 4.78 is 39.2. The topological polar surface area (TPSA) is 104 Å². The molecule has 0 fully saturated rings. The van der Waals surface area contributed by atoms with Gasteiger partial charge in [0.25, 0.3) is 0 Å². The van der Waals surface area contributed by atoms with E-state index in [4.69, 9.17) is 15.2 Å². The molecule has 0 radical (unpaired) electrons. The lowest BCUT2D eigenvalue weighted by atomic mass is 10.1. The lowest BCUT2D eigenvalue weighted by Crippen LogP contribution is -2.24. The van der Waals surface area contributed by atoms with Crippen LogP contribution in [0, 0.1) is 0 Å². The average Bonchev–Trinajstić information content (AvgIpc) is 2.72. The molecular weight excluding hydrogens is 378 g/mol. The highest BCUT2D eigenvalue weighted by atomic mass is 32.2. The molecular formula is C20H21N3O4S. The van der Waals surface area contributed by atoms with E-state index in [0.717, 1.165) is 0 Å². The minimum atomic E-state index is -3.85. The molecule has 0 saturated heterocycles.